The van der Waals surface area contributed by atoms with Gasteiger partial charge >= 0.3 is 0 Å². The Morgan fingerprint density at radius 2 is 2.14 bits per heavy atom. The summed E-state index contributed by atoms with van der Waals surface area (Å²) < 4.78 is 17.1. The second kappa shape index (κ2) is 7.96. The van der Waals surface area contributed by atoms with E-state index in [-0.39, 0.29) is 5.82 Å². The Hall–Kier alpha value is -2.71. The molecule has 1 aromatic carbocycles. The van der Waals surface area contributed by atoms with E-state index in [0.29, 0.717) is 13.0 Å². The molecule has 1 aliphatic heterocycles. The minimum Gasteiger partial charge on any atom is -0.355 e. The number of aryl methyl sites for hydroxylation is 1. The zero-order valence-electron chi connectivity index (χ0n) is 16.1. The number of allylic oxidation sites excluding steroid dienone is 2. The van der Waals surface area contributed by atoms with Gasteiger partial charge in [0.15, 0.2) is 0 Å². The predicted molar refractivity (Wildman–Crippen MR) is 112 cm³/mol. The van der Waals surface area contributed by atoms with Gasteiger partial charge in [0.05, 0.1) is 16.5 Å². The van der Waals surface area contributed by atoms with Crippen LogP contribution in [0.15, 0.2) is 64.5 Å². The van der Waals surface area contributed by atoms with E-state index in [1.54, 1.807) is 28.8 Å². The third-order valence-electron chi connectivity index (χ3n) is 5.34. The number of benzene rings is 1. The average Bonchev–Trinajstić information content (AvgIpc) is 3.14. The molecule has 1 aromatic heterocycles. The molecule has 2 aromatic rings. The van der Waals surface area contributed by atoms with Crippen molar-refractivity contribution in [1.82, 2.24) is 14.1 Å². The van der Waals surface area contributed by atoms with Gasteiger partial charge in [-0.2, -0.15) is 5.10 Å². The third-order valence-corrected chi connectivity index (χ3v) is 6.33. The van der Waals surface area contributed by atoms with Crippen LogP contribution >= 0.6 is 11.9 Å². The fourth-order valence-electron chi connectivity index (χ4n) is 3.84. The minimum absolute atomic E-state index is 0.294. The van der Waals surface area contributed by atoms with Gasteiger partial charge in [0.2, 0.25) is 0 Å². The molecule has 29 heavy (non-hydrogen) atoms. The first kappa shape index (κ1) is 19.6. The molecule has 0 saturated carbocycles. The Labute approximate surface area is 173 Å². The predicted octanol–water partition coefficient (Wildman–Crippen LogP) is 3.80. The van der Waals surface area contributed by atoms with E-state index in [1.165, 1.54) is 18.3 Å². The molecule has 150 valence electrons. The maximum Gasteiger partial charge on any atom is 0.131 e. The SMILES string of the molecule is Cn1cc(SN2CCC3=CC(Nc4ccc(F)cc4)=C(C=N)CC3(C=O)C2)cn1. The molecule has 1 saturated heterocycles. The van der Waals surface area contributed by atoms with Crippen molar-refractivity contribution in [3.05, 3.63) is 65.4 Å². The number of hydrogen-bond donors (Lipinski definition) is 2. The summed E-state index contributed by atoms with van der Waals surface area (Å²) in [6.07, 6.45) is 9.35. The number of hydrogen-bond acceptors (Lipinski definition) is 6. The highest BCUT2D eigenvalue weighted by molar-refractivity contribution is 7.97. The van der Waals surface area contributed by atoms with Gasteiger partial charge < -0.3 is 15.5 Å². The summed E-state index contributed by atoms with van der Waals surface area (Å²) in [7, 11) is 1.88. The van der Waals surface area contributed by atoms with E-state index in [2.05, 4.69) is 14.7 Å². The van der Waals surface area contributed by atoms with Crippen LogP contribution in [0.4, 0.5) is 10.1 Å². The monoisotopic (exact) mass is 411 g/mol. The summed E-state index contributed by atoms with van der Waals surface area (Å²) in [5.41, 5.74) is 2.76. The minimum atomic E-state index is -0.631. The lowest BCUT2D eigenvalue weighted by Crippen LogP contribution is -2.44. The fraction of sp³-hybridized carbons (Fsp3) is 0.286. The van der Waals surface area contributed by atoms with E-state index in [0.717, 1.165) is 46.7 Å². The highest BCUT2D eigenvalue weighted by Gasteiger charge is 2.42. The number of fused-ring (bicyclic) bond motifs is 1. The van der Waals surface area contributed by atoms with Crippen LogP contribution in [0, 0.1) is 16.6 Å². The lowest BCUT2D eigenvalue weighted by molar-refractivity contribution is -0.115. The van der Waals surface area contributed by atoms with Gasteiger partial charge in [-0.05, 0) is 60.7 Å². The van der Waals surface area contributed by atoms with Crippen LogP contribution in [0.1, 0.15) is 12.8 Å². The number of anilines is 1. The quantitative estimate of drug-likeness (QED) is 0.430. The molecular formula is C21H22FN5OS. The molecule has 1 atom stereocenters. The number of halogens is 1. The molecule has 0 bridgehead atoms. The van der Waals surface area contributed by atoms with Crippen LogP contribution in [-0.2, 0) is 11.8 Å². The molecular weight excluding hydrogens is 389 g/mol. The summed E-state index contributed by atoms with van der Waals surface area (Å²) in [6, 6.07) is 6.12. The molecule has 2 N–H and O–H groups in total. The van der Waals surface area contributed by atoms with Crippen LogP contribution in [0.2, 0.25) is 0 Å². The highest BCUT2D eigenvalue weighted by Crippen LogP contribution is 2.45. The van der Waals surface area contributed by atoms with Crippen LogP contribution in [0.5, 0.6) is 0 Å². The number of piperidine rings is 1. The fourth-order valence-corrected chi connectivity index (χ4v) is 4.91. The van der Waals surface area contributed by atoms with Crippen LogP contribution in [0.25, 0.3) is 0 Å². The third kappa shape index (κ3) is 4.04. The summed E-state index contributed by atoms with van der Waals surface area (Å²) >= 11 is 1.61. The number of carbonyl (C=O) groups is 1. The molecule has 1 unspecified atom stereocenters. The molecule has 8 heteroatoms. The second-order valence-electron chi connectivity index (χ2n) is 7.39. The van der Waals surface area contributed by atoms with E-state index < -0.39 is 5.41 Å². The van der Waals surface area contributed by atoms with Gasteiger partial charge in [0, 0.05) is 43.9 Å². The number of nitrogens with one attached hydrogen (secondary N) is 2. The first-order chi connectivity index (χ1) is 14.0. The summed E-state index contributed by atoms with van der Waals surface area (Å²) in [5, 5.41) is 15.3. The van der Waals surface area contributed by atoms with Gasteiger partial charge in [0.25, 0.3) is 0 Å². The number of rotatable bonds is 6. The number of aldehydes is 1. The van der Waals surface area contributed by atoms with Crippen molar-refractivity contribution in [1.29, 1.82) is 5.41 Å². The molecule has 0 amide bonds. The summed E-state index contributed by atoms with van der Waals surface area (Å²) in [4.78, 5) is 13.3. The molecule has 2 heterocycles. The summed E-state index contributed by atoms with van der Waals surface area (Å²) in [6.45, 7) is 1.41. The van der Waals surface area contributed by atoms with Crippen LogP contribution < -0.4 is 5.32 Å². The lowest BCUT2D eigenvalue weighted by atomic mass is 9.69. The Morgan fingerprint density at radius 1 is 1.34 bits per heavy atom. The van der Waals surface area contributed by atoms with E-state index in [9.17, 15) is 9.18 Å². The van der Waals surface area contributed by atoms with Crippen molar-refractivity contribution < 1.29 is 9.18 Å². The Morgan fingerprint density at radius 3 is 2.79 bits per heavy atom. The maximum atomic E-state index is 13.2. The van der Waals surface area contributed by atoms with E-state index >= 15 is 0 Å². The number of aromatic nitrogens is 2. The van der Waals surface area contributed by atoms with Gasteiger partial charge in [-0.25, -0.2) is 8.70 Å². The van der Waals surface area contributed by atoms with Crippen LogP contribution in [-0.4, -0.2) is 39.7 Å². The van der Waals surface area contributed by atoms with Crippen molar-refractivity contribution in [2.24, 2.45) is 12.5 Å². The second-order valence-corrected chi connectivity index (χ2v) is 8.56. The molecule has 6 nitrogen and oxygen atoms in total. The van der Waals surface area contributed by atoms with E-state index in [4.69, 9.17) is 5.41 Å². The average molecular weight is 412 g/mol. The van der Waals surface area contributed by atoms with Crippen molar-refractivity contribution in [2.75, 3.05) is 18.4 Å². The Balaban J connectivity index is 1.56. The largest absolute Gasteiger partial charge is 0.355 e. The number of nitrogens with zero attached hydrogens (tertiary/aromatic N) is 3. The van der Waals surface area contributed by atoms with Crippen molar-refractivity contribution >= 4 is 30.1 Å². The Bertz CT molecular complexity index is 997. The molecule has 2 aliphatic rings. The van der Waals surface area contributed by atoms with E-state index in [1.807, 2.05) is 25.5 Å². The first-order valence-electron chi connectivity index (χ1n) is 9.36. The van der Waals surface area contributed by atoms with Gasteiger partial charge in [-0.15, -0.1) is 0 Å². The van der Waals surface area contributed by atoms with Crippen molar-refractivity contribution in [3.63, 3.8) is 0 Å². The zero-order valence-corrected chi connectivity index (χ0v) is 16.9. The molecule has 1 aliphatic carbocycles. The van der Waals surface area contributed by atoms with Gasteiger partial charge in [0.1, 0.15) is 12.1 Å². The molecule has 0 spiro atoms. The summed E-state index contributed by atoms with van der Waals surface area (Å²) in [5.74, 6) is -0.294. The molecule has 1 fully saturated rings. The Kier molecular flexibility index (Phi) is 5.38. The maximum absolute atomic E-state index is 13.2. The van der Waals surface area contributed by atoms with Crippen molar-refractivity contribution in [3.8, 4) is 0 Å². The zero-order chi connectivity index (χ0) is 20.4. The topological polar surface area (TPSA) is 74.0 Å². The molecule has 4 rings (SSSR count). The van der Waals surface area contributed by atoms with Crippen LogP contribution in [0.3, 0.4) is 0 Å². The number of carbonyl (C=O) groups excluding carboxylic acids is 1. The normalized spacial score (nSPS) is 22.1. The van der Waals surface area contributed by atoms with Crippen molar-refractivity contribution in [2.45, 2.75) is 17.7 Å². The van der Waals surface area contributed by atoms with Gasteiger partial charge in [-0.1, -0.05) is 5.57 Å². The molecule has 0 radical (unpaired) electrons. The smallest absolute Gasteiger partial charge is 0.131 e. The lowest BCUT2D eigenvalue weighted by Gasteiger charge is -2.43. The first-order valence-corrected chi connectivity index (χ1v) is 10.1. The van der Waals surface area contributed by atoms with Gasteiger partial charge in [-0.3, -0.25) is 4.68 Å². The highest BCUT2D eigenvalue weighted by atomic mass is 32.2. The standard InChI is InChI=1S/C21H22FN5OS/c1-26-12-19(11-24-26)29-27-7-6-16-8-20(25-18-4-2-17(22)3-5-18)15(10-23)9-21(16,13-27)14-28/h2-5,8,10-12,14,23,25H,6-7,9,13H2,1H3.